The minimum absolute atomic E-state index is 0.116. The van der Waals surface area contributed by atoms with Crippen LogP contribution in [0.3, 0.4) is 0 Å². The number of carbonyl (C=O) groups is 1. The smallest absolute Gasteiger partial charge is 0.323 e. The van der Waals surface area contributed by atoms with Crippen LogP contribution in [0, 0.1) is 0 Å². The molecule has 1 aromatic rings. The van der Waals surface area contributed by atoms with Crippen LogP contribution in [-0.2, 0) is 16.1 Å². The second-order valence-electron chi connectivity index (χ2n) is 4.83. The molecule has 0 saturated carbocycles. The molecule has 1 aliphatic rings. The highest BCUT2D eigenvalue weighted by Gasteiger charge is 2.31. The van der Waals surface area contributed by atoms with Gasteiger partial charge in [0.1, 0.15) is 6.04 Å². The van der Waals surface area contributed by atoms with Gasteiger partial charge in [0.25, 0.3) is 0 Å². The molecule has 102 valence electrons. The molecule has 3 nitrogen and oxygen atoms in total. The molecule has 2 unspecified atom stereocenters. The molecule has 0 amide bonds. The van der Waals surface area contributed by atoms with Gasteiger partial charge in [-0.3, -0.25) is 9.69 Å². The lowest BCUT2D eigenvalue weighted by atomic mass is 10.0. The molecular weight excluding hydrogens is 238 g/mol. The fourth-order valence-electron chi connectivity index (χ4n) is 2.45. The molecule has 1 heterocycles. The highest BCUT2D eigenvalue weighted by atomic mass is 16.5. The monoisotopic (exact) mass is 259 g/mol. The summed E-state index contributed by atoms with van der Waals surface area (Å²) in [5.41, 5.74) is 1.22. The Kier molecular flexibility index (Phi) is 4.74. The van der Waals surface area contributed by atoms with E-state index < -0.39 is 0 Å². The van der Waals surface area contributed by atoms with Gasteiger partial charge >= 0.3 is 5.97 Å². The Labute approximate surface area is 114 Å². The van der Waals surface area contributed by atoms with Crippen LogP contribution in [0.25, 0.3) is 0 Å². The summed E-state index contributed by atoms with van der Waals surface area (Å²) in [5, 5.41) is 0. The van der Waals surface area contributed by atoms with Gasteiger partial charge in [0.2, 0.25) is 0 Å². The number of rotatable bonds is 4. The normalized spacial score (nSPS) is 23.3. The molecule has 0 saturated heterocycles. The zero-order valence-electron chi connectivity index (χ0n) is 11.6. The largest absolute Gasteiger partial charge is 0.465 e. The van der Waals surface area contributed by atoms with E-state index in [1.807, 2.05) is 25.1 Å². The van der Waals surface area contributed by atoms with Gasteiger partial charge in [-0.25, -0.2) is 0 Å². The molecule has 0 spiro atoms. The second-order valence-corrected chi connectivity index (χ2v) is 4.83. The van der Waals surface area contributed by atoms with E-state index >= 15 is 0 Å². The first-order valence-electron chi connectivity index (χ1n) is 6.85. The van der Waals surface area contributed by atoms with Gasteiger partial charge in [-0.15, -0.1) is 0 Å². The van der Waals surface area contributed by atoms with Crippen molar-refractivity contribution in [2.75, 3.05) is 6.61 Å². The number of carbonyl (C=O) groups excluding carboxylic acids is 1. The molecule has 19 heavy (non-hydrogen) atoms. The van der Waals surface area contributed by atoms with Gasteiger partial charge < -0.3 is 4.74 Å². The molecular formula is C16H21NO2. The Balaban J connectivity index is 2.13. The van der Waals surface area contributed by atoms with Crippen LogP contribution in [0.1, 0.15) is 25.8 Å². The van der Waals surface area contributed by atoms with Crippen LogP contribution in [0.5, 0.6) is 0 Å². The number of hydrogen-bond acceptors (Lipinski definition) is 3. The molecule has 0 fully saturated rings. The van der Waals surface area contributed by atoms with Crippen molar-refractivity contribution in [1.82, 2.24) is 4.90 Å². The first-order chi connectivity index (χ1) is 9.22. The lowest BCUT2D eigenvalue weighted by Gasteiger charge is -2.36. The summed E-state index contributed by atoms with van der Waals surface area (Å²) in [4.78, 5) is 14.2. The molecule has 1 aliphatic heterocycles. The summed E-state index contributed by atoms with van der Waals surface area (Å²) in [7, 11) is 0. The zero-order valence-corrected chi connectivity index (χ0v) is 11.6. The predicted octanol–water partition coefficient (Wildman–Crippen LogP) is 2.77. The lowest BCUT2D eigenvalue weighted by molar-refractivity contribution is -0.150. The highest BCUT2D eigenvalue weighted by Crippen LogP contribution is 2.21. The minimum Gasteiger partial charge on any atom is -0.465 e. The van der Waals surface area contributed by atoms with E-state index in [1.54, 1.807) is 0 Å². The van der Waals surface area contributed by atoms with Crippen molar-refractivity contribution in [3.8, 4) is 0 Å². The molecule has 0 bridgehead atoms. The summed E-state index contributed by atoms with van der Waals surface area (Å²) in [5.74, 6) is -0.116. The van der Waals surface area contributed by atoms with Crippen LogP contribution in [-0.4, -0.2) is 29.6 Å². The Morgan fingerprint density at radius 2 is 2.11 bits per heavy atom. The van der Waals surface area contributed by atoms with Crippen LogP contribution < -0.4 is 0 Å². The number of ether oxygens (including phenoxy) is 1. The first-order valence-corrected chi connectivity index (χ1v) is 6.85. The Bertz CT molecular complexity index is 441. The van der Waals surface area contributed by atoms with Crippen LogP contribution in [0.2, 0.25) is 0 Å². The topological polar surface area (TPSA) is 29.5 Å². The van der Waals surface area contributed by atoms with Crippen molar-refractivity contribution in [3.05, 3.63) is 48.0 Å². The molecule has 0 aromatic heterocycles. The minimum atomic E-state index is -0.167. The zero-order chi connectivity index (χ0) is 13.7. The second kappa shape index (κ2) is 6.53. The average Bonchev–Trinajstić information content (AvgIpc) is 2.42. The van der Waals surface area contributed by atoms with Crippen molar-refractivity contribution >= 4 is 5.97 Å². The van der Waals surface area contributed by atoms with Crippen molar-refractivity contribution in [1.29, 1.82) is 0 Å². The van der Waals surface area contributed by atoms with Crippen LogP contribution in [0.15, 0.2) is 42.5 Å². The maximum atomic E-state index is 12.0. The average molecular weight is 259 g/mol. The third kappa shape index (κ3) is 3.44. The van der Waals surface area contributed by atoms with Gasteiger partial charge in [0, 0.05) is 12.6 Å². The fourth-order valence-corrected chi connectivity index (χ4v) is 2.45. The highest BCUT2D eigenvalue weighted by molar-refractivity contribution is 5.76. The van der Waals surface area contributed by atoms with Crippen LogP contribution >= 0.6 is 0 Å². The molecule has 1 aromatic carbocycles. The van der Waals surface area contributed by atoms with Gasteiger partial charge in [0.15, 0.2) is 0 Å². The summed E-state index contributed by atoms with van der Waals surface area (Å²) in [6.07, 6.45) is 4.96. The van der Waals surface area contributed by atoms with Gasteiger partial charge in [0.05, 0.1) is 6.61 Å². The standard InChI is InChI=1S/C16H21NO2/c1-3-19-16(18)15-11-7-8-13(2)17(15)12-14-9-5-4-6-10-14/h4-10,13,15H,3,11-12H2,1-2H3. The summed E-state index contributed by atoms with van der Waals surface area (Å²) in [6.45, 7) is 5.18. The van der Waals surface area contributed by atoms with Crippen molar-refractivity contribution in [3.63, 3.8) is 0 Å². The Morgan fingerprint density at radius 1 is 1.37 bits per heavy atom. The number of esters is 1. The number of benzene rings is 1. The van der Waals surface area contributed by atoms with E-state index in [1.165, 1.54) is 5.56 Å². The molecule has 0 radical (unpaired) electrons. The first kappa shape index (κ1) is 13.8. The van der Waals surface area contributed by atoms with E-state index in [-0.39, 0.29) is 18.1 Å². The van der Waals surface area contributed by atoms with E-state index in [4.69, 9.17) is 4.74 Å². The molecule has 0 aliphatic carbocycles. The number of nitrogens with zero attached hydrogens (tertiary/aromatic N) is 1. The molecule has 0 N–H and O–H groups in total. The van der Waals surface area contributed by atoms with E-state index in [0.717, 1.165) is 13.0 Å². The van der Waals surface area contributed by atoms with Gasteiger partial charge in [-0.1, -0.05) is 42.5 Å². The van der Waals surface area contributed by atoms with Gasteiger partial charge in [-0.05, 0) is 25.8 Å². The summed E-state index contributed by atoms with van der Waals surface area (Å²) < 4.78 is 5.18. The SMILES string of the molecule is CCOC(=O)C1CC=CC(C)N1Cc1ccccc1. The summed E-state index contributed by atoms with van der Waals surface area (Å²) >= 11 is 0. The van der Waals surface area contributed by atoms with E-state index in [2.05, 4.69) is 36.1 Å². The van der Waals surface area contributed by atoms with Crippen molar-refractivity contribution < 1.29 is 9.53 Å². The maximum absolute atomic E-state index is 12.0. The third-order valence-electron chi connectivity index (χ3n) is 3.46. The Morgan fingerprint density at radius 3 is 2.79 bits per heavy atom. The molecule has 2 rings (SSSR count). The predicted molar refractivity (Wildman–Crippen MR) is 75.6 cm³/mol. The van der Waals surface area contributed by atoms with E-state index in [0.29, 0.717) is 6.61 Å². The number of hydrogen-bond donors (Lipinski definition) is 0. The summed E-state index contributed by atoms with van der Waals surface area (Å²) in [6, 6.07) is 10.3. The van der Waals surface area contributed by atoms with Crippen molar-refractivity contribution in [2.45, 2.75) is 38.9 Å². The van der Waals surface area contributed by atoms with Crippen molar-refractivity contribution in [2.24, 2.45) is 0 Å². The lowest BCUT2D eigenvalue weighted by Crippen LogP contribution is -2.47. The molecule has 2 atom stereocenters. The fraction of sp³-hybridized carbons (Fsp3) is 0.438. The Hall–Kier alpha value is -1.61. The third-order valence-corrected chi connectivity index (χ3v) is 3.46. The van der Waals surface area contributed by atoms with Crippen LogP contribution in [0.4, 0.5) is 0 Å². The maximum Gasteiger partial charge on any atom is 0.323 e. The van der Waals surface area contributed by atoms with E-state index in [9.17, 15) is 4.79 Å². The molecule has 3 heteroatoms. The van der Waals surface area contributed by atoms with Gasteiger partial charge in [-0.2, -0.15) is 0 Å². The quantitative estimate of drug-likeness (QED) is 0.615.